The van der Waals surface area contributed by atoms with Gasteiger partial charge in [0.05, 0.1) is 11.1 Å². The number of hydrogen-bond donors (Lipinski definition) is 0. The van der Waals surface area contributed by atoms with E-state index >= 15 is 0 Å². The highest BCUT2D eigenvalue weighted by atomic mass is 19.4. The van der Waals surface area contributed by atoms with Crippen molar-refractivity contribution in [2.75, 3.05) is 0 Å². The molecular formula is C13H14F6. The Kier molecular flexibility index (Phi) is 3.94. The fourth-order valence-electron chi connectivity index (χ4n) is 1.74. The Balaban J connectivity index is 3.34. The minimum atomic E-state index is -4.79. The molecule has 19 heavy (non-hydrogen) atoms. The summed E-state index contributed by atoms with van der Waals surface area (Å²) in [6, 6.07) is 1.79. The zero-order valence-electron chi connectivity index (χ0n) is 10.7. The minimum Gasteiger partial charge on any atom is -0.166 e. The Labute approximate surface area is 107 Å². The molecule has 1 aromatic rings. The van der Waals surface area contributed by atoms with Crippen LogP contribution in [0.5, 0.6) is 0 Å². The van der Waals surface area contributed by atoms with Crippen LogP contribution in [0.3, 0.4) is 0 Å². The zero-order chi connectivity index (χ0) is 15.1. The van der Waals surface area contributed by atoms with Crippen LogP contribution in [-0.2, 0) is 18.8 Å². The molecule has 0 unspecified atom stereocenters. The van der Waals surface area contributed by atoms with Gasteiger partial charge in [-0.05, 0) is 29.5 Å². The summed E-state index contributed by atoms with van der Waals surface area (Å²) in [5, 5.41) is 0. The van der Waals surface area contributed by atoms with Crippen LogP contribution < -0.4 is 0 Å². The first kappa shape index (κ1) is 15.9. The van der Waals surface area contributed by atoms with Gasteiger partial charge in [-0.1, -0.05) is 26.8 Å². The van der Waals surface area contributed by atoms with Crippen molar-refractivity contribution < 1.29 is 26.3 Å². The highest BCUT2D eigenvalue weighted by Gasteiger charge is 2.38. The van der Waals surface area contributed by atoms with Crippen molar-refractivity contribution in [3.8, 4) is 0 Å². The average molecular weight is 284 g/mol. The summed E-state index contributed by atoms with van der Waals surface area (Å²) in [7, 11) is 0. The summed E-state index contributed by atoms with van der Waals surface area (Å²) in [5.41, 5.74) is -3.05. The van der Waals surface area contributed by atoms with Crippen LogP contribution in [0.1, 0.15) is 37.5 Å². The summed E-state index contributed by atoms with van der Waals surface area (Å²) < 4.78 is 75.8. The van der Waals surface area contributed by atoms with E-state index in [1.807, 2.05) is 0 Å². The van der Waals surface area contributed by atoms with E-state index in [4.69, 9.17) is 0 Å². The van der Waals surface area contributed by atoms with E-state index < -0.39 is 28.9 Å². The van der Waals surface area contributed by atoms with E-state index in [1.165, 1.54) is 0 Å². The van der Waals surface area contributed by atoms with Gasteiger partial charge in [0.25, 0.3) is 0 Å². The van der Waals surface area contributed by atoms with Gasteiger partial charge in [-0.2, -0.15) is 26.3 Å². The number of hydrogen-bond acceptors (Lipinski definition) is 0. The topological polar surface area (TPSA) is 0 Å². The molecule has 0 N–H and O–H groups in total. The summed E-state index contributed by atoms with van der Waals surface area (Å²) in [6.45, 7) is 5.18. The van der Waals surface area contributed by atoms with Crippen molar-refractivity contribution in [3.63, 3.8) is 0 Å². The maximum atomic E-state index is 12.8. The number of benzene rings is 1. The van der Waals surface area contributed by atoms with Crippen LogP contribution in [-0.4, -0.2) is 0 Å². The number of halogens is 6. The van der Waals surface area contributed by atoms with Gasteiger partial charge >= 0.3 is 12.4 Å². The smallest absolute Gasteiger partial charge is 0.166 e. The van der Waals surface area contributed by atoms with E-state index in [0.29, 0.717) is 6.07 Å². The molecule has 0 bridgehead atoms. The van der Waals surface area contributed by atoms with Crippen LogP contribution in [0.15, 0.2) is 18.2 Å². The third-order valence-electron chi connectivity index (χ3n) is 2.46. The minimum absolute atomic E-state index is 0.0555. The van der Waals surface area contributed by atoms with E-state index in [-0.39, 0.29) is 18.1 Å². The van der Waals surface area contributed by atoms with Gasteiger partial charge in [-0.15, -0.1) is 0 Å². The Morgan fingerprint density at radius 2 is 1.37 bits per heavy atom. The molecule has 1 rings (SSSR count). The van der Waals surface area contributed by atoms with Gasteiger partial charge in [0.1, 0.15) is 0 Å². The SMILES string of the molecule is CC(C)(C)Cc1ccc(C(F)(F)F)cc1C(F)(F)F. The molecule has 0 amide bonds. The summed E-state index contributed by atoms with van der Waals surface area (Å²) >= 11 is 0. The summed E-state index contributed by atoms with van der Waals surface area (Å²) in [5.74, 6) is 0. The van der Waals surface area contributed by atoms with E-state index in [1.54, 1.807) is 20.8 Å². The second-order valence-corrected chi connectivity index (χ2v) is 5.60. The lowest BCUT2D eigenvalue weighted by atomic mass is 9.85. The highest BCUT2D eigenvalue weighted by Crippen LogP contribution is 2.38. The third-order valence-corrected chi connectivity index (χ3v) is 2.46. The van der Waals surface area contributed by atoms with Crippen LogP contribution in [0, 0.1) is 5.41 Å². The Hall–Kier alpha value is -1.20. The molecule has 0 spiro atoms. The Morgan fingerprint density at radius 3 is 1.74 bits per heavy atom. The molecule has 0 heterocycles. The largest absolute Gasteiger partial charge is 0.416 e. The molecule has 0 aliphatic carbocycles. The molecule has 0 aliphatic rings. The van der Waals surface area contributed by atoms with E-state index in [0.717, 1.165) is 6.07 Å². The first-order valence-electron chi connectivity index (χ1n) is 5.58. The Morgan fingerprint density at radius 1 is 0.842 bits per heavy atom. The van der Waals surface area contributed by atoms with Crippen LogP contribution >= 0.6 is 0 Å². The zero-order valence-corrected chi connectivity index (χ0v) is 10.7. The van der Waals surface area contributed by atoms with Crippen molar-refractivity contribution in [3.05, 3.63) is 34.9 Å². The fraction of sp³-hybridized carbons (Fsp3) is 0.538. The van der Waals surface area contributed by atoms with E-state index in [9.17, 15) is 26.3 Å². The molecule has 1 aromatic carbocycles. The van der Waals surface area contributed by atoms with Crippen molar-refractivity contribution in [2.45, 2.75) is 39.5 Å². The standard InChI is InChI=1S/C13H14F6/c1-11(2,3)7-8-4-5-9(12(14,15)16)6-10(8)13(17,18)19/h4-6H,7H2,1-3H3. The van der Waals surface area contributed by atoms with Crippen LogP contribution in [0.2, 0.25) is 0 Å². The van der Waals surface area contributed by atoms with Crippen molar-refractivity contribution in [1.82, 2.24) is 0 Å². The second-order valence-electron chi connectivity index (χ2n) is 5.60. The summed E-state index contributed by atoms with van der Waals surface area (Å²) in [4.78, 5) is 0. The number of alkyl halides is 6. The Bertz CT molecular complexity index is 448. The third kappa shape index (κ3) is 4.44. The monoisotopic (exact) mass is 284 g/mol. The van der Waals surface area contributed by atoms with Crippen molar-refractivity contribution in [1.29, 1.82) is 0 Å². The van der Waals surface area contributed by atoms with Gasteiger partial charge in [-0.25, -0.2) is 0 Å². The molecule has 0 aromatic heterocycles. The van der Waals surface area contributed by atoms with Gasteiger partial charge in [-0.3, -0.25) is 0 Å². The molecular weight excluding hydrogens is 270 g/mol. The molecule has 108 valence electrons. The van der Waals surface area contributed by atoms with Crippen LogP contribution in [0.4, 0.5) is 26.3 Å². The molecule has 0 saturated heterocycles. The van der Waals surface area contributed by atoms with Crippen LogP contribution in [0.25, 0.3) is 0 Å². The molecule has 0 fully saturated rings. The fourth-order valence-corrected chi connectivity index (χ4v) is 1.74. The van der Waals surface area contributed by atoms with Crippen molar-refractivity contribution in [2.24, 2.45) is 5.41 Å². The quantitative estimate of drug-likeness (QED) is 0.613. The maximum Gasteiger partial charge on any atom is 0.416 e. The lowest BCUT2D eigenvalue weighted by molar-refractivity contribution is -0.143. The lowest BCUT2D eigenvalue weighted by Crippen LogP contribution is -2.17. The van der Waals surface area contributed by atoms with Gasteiger partial charge < -0.3 is 0 Å². The molecule has 0 aliphatic heterocycles. The van der Waals surface area contributed by atoms with E-state index in [2.05, 4.69) is 0 Å². The lowest BCUT2D eigenvalue weighted by Gasteiger charge is -2.22. The predicted molar refractivity (Wildman–Crippen MR) is 59.6 cm³/mol. The summed E-state index contributed by atoms with van der Waals surface area (Å²) in [6.07, 6.45) is -9.51. The molecule has 6 heteroatoms. The maximum absolute atomic E-state index is 12.8. The first-order chi connectivity index (χ1) is 8.31. The molecule has 0 saturated carbocycles. The van der Waals surface area contributed by atoms with Gasteiger partial charge in [0.2, 0.25) is 0 Å². The van der Waals surface area contributed by atoms with Gasteiger partial charge in [0, 0.05) is 0 Å². The first-order valence-corrected chi connectivity index (χ1v) is 5.58. The molecule has 0 radical (unpaired) electrons. The number of rotatable bonds is 1. The highest BCUT2D eigenvalue weighted by molar-refractivity contribution is 5.36. The average Bonchev–Trinajstić information content (AvgIpc) is 2.11. The van der Waals surface area contributed by atoms with Gasteiger partial charge in [0.15, 0.2) is 0 Å². The second kappa shape index (κ2) is 4.72. The molecule has 0 atom stereocenters. The van der Waals surface area contributed by atoms with Crippen molar-refractivity contribution >= 4 is 0 Å². The predicted octanol–water partition coefficient (Wildman–Crippen LogP) is 5.31. The molecule has 0 nitrogen and oxygen atoms in total. The normalized spacial score (nSPS) is 13.7.